The van der Waals surface area contributed by atoms with Gasteiger partial charge in [-0.1, -0.05) is 5.16 Å². The number of aryl methyl sites for hydroxylation is 3. The lowest BCUT2D eigenvalue weighted by Crippen LogP contribution is -2.26. The number of hydrogen-bond acceptors (Lipinski definition) is 6. The van der Waals surface area contributed by atoms with E-state index in [9.17, 15) is 4.79 Å². The first kappa shape index (κ1) is 15.9. The highest BCUT2D eigenvalue weighted by molar-refractivity contribution is 7.18. The minimum absolute atomic E-state index is 0.0354. The molecule has 1 N–H and O–H groups in total. The van der Waals surface area contributed by atoms with Gasteiger partial charge in [-0.25, -0.2) is 4.98 Å². The molecule has 7 heteroatoms. The summed E-state index contributed by atoms with van der Waals surface area (Å²) in [5.41, 5.74) is 1.82. The standard InChI is InChI=1S/C16H20N4O2S/c1-8-6-12(19-22-8)7-20(5)10(3)14-17-15(21)13-9(2)11(4)23-16(13)18-14/h6,10H,7H2,1-5H3,(H,17,18,21). The summed E-state index contributed by atoms with van der Waals surface area (Å²) in [6, 6.07) is 1.88. The van der Waals surface area contributed by atoms with Crippen molar-refractivity contribution in [2.24, 2.45) is 0 Å². The minimum atomic E-state index is -0.0654. The topological polar surface area (TPSA) is 75.0 Å². The summed E-state index contributed by atoms with van der Waals surface area (Å²) in [7, 11) is 1.98. The van der Waals surface area contributed by atoms with Gasteiger partial charge in [-0.05, 0) is 40.3 Å². The van der Waals surface area contributed by atoms with E-state index >= 15 is 0 Å². The van der Waals surface area contributed by atoms with Crippen molar-refractivity contribution in [3.05, 3.63) is 44.1 Å². The van der Waals surface area contributed by atoms with Crippen LogP contribution in [0.5, 0.6) is 0 Å². The molecule has 0 spiro atoms. The van der Waals surface area contributed by atoms with Gasteiger partial charge in [-0.2, -0.15) is 0 Å². The summed E-state index contributed by atoms with van der Waals surface area (Å²) in [5, 5.41) is 4.71. The summed E-state index contributed by atoms with van der Waals surface area (Å²) < 4.78 is 5.10. The maximum Gasteiger partial charge on any atom is 0.259 e. The molecule has 122 valence electrons. The molecule has 0 bridgehead atoms. The minimum Gasteiger partial charge on any atom is -0.361 e. The molecule has 0 saturated carbocycles. The number of hydrogen-bond donors (Lipinski definition) is 1. The quantitative estimate of drug-likeness (QED) is 0.794. The van der Waals surface area contributed by atoms with Gasteiger partial charge >= 0.3 is 0 Å². The zero-order valence-corrected chi connectivity index (χ0v) is 14.7. The first-order valence-electron chi connectivity index (χ1n) is 7.49. The van der Waals surface area contributed by atoms with Gasteiger partial charge in [0.15, 0.2) is 0 Å². The third-order valence-electron chi connectivity index (χ3n) is 4.20. The monoisotopic (exact) mass is 332 g/mol. The van der Waals surface area contributed by atoms with Crippen LogP contribution in [0.3, 0.4) is 0 Å². The molecule has 0 aromatic carbocycles. The van der Waals surface area contributed by atoms with E-state index in [1.54, 1.807) is 11.3 Å². The van der Waals surface area contributed by atoms with Crippen molar-refractivity contribution in [3.8, 4) is 0 Å². The molecule has 3 heterocycles. The Morgan fingerprint density at radius 3 is 2.78 bits per heavy atom. The number of H-pyrrole nitrogens is 1. The van der Waals surface area contributed by atoms with Crippen LogP contribution in [0, 0.1) is 20.8 Å². The molecule has 1 atom stereocenters. The molecule has 23 heavy (non-hydrogen) atoms. The Labute approximate surface area is 138 Å². The predicted molar refractivity (Wildman–Crippen MR) is 90.8 cm³/mol. The largest absolute Gasteiger partial charge is 0.361 e. The van der Waals surface area contributed by atoms with E-state index in [-0.39, 0.29) is 11.6 Å². The fourth-order valence-corrected chi connectivity index (χ4v) is 3.60. The molecule has 6 nitrogen and oxygen atoms in total. The van der Waals surface area contributed by atoms with Crippen LogP contribution in [-0.4, -0.2) is 27.1 Å². The van der Waals surface area contributed by atoms with Crippen LogP contribution >= 0.6 is 11.3 Å². The average molecular weight is 332 g/mol. The molecule has 0 aliphatic rings. The highest BCUT2D eigenvalue weighted by Crippen LogP contribution is 2.27. The lowest BCUT2D eigenvalue weighted by Gasteiger charge is -2.22. The van der Waals surface area contributed by atoms with Gasteiger partial charge in [-0.15, -0.1) is 11.3 Å². The van der Waals surface area contributed by atoms with Crippen LogP contribution in [-0.2, 0) is 6.54 Å². The van der Waals surface area contributed by atoms with E-state index in [0.717, 1.165) is 26.7 Å². The van der Waals surface area contributed by atoms with Crippen molar-refractivity contribution in [1.29, 1.82) is 0 Å². The summed E-state index contributed by atoms with van der Waals surface area (Å²) in [6.45, 7) is 8.50. The molecule has 0 fully saturated rings. The second kappa shape index (κ2) is 5.90. The van der Waals surface area contributed by atoms with Gasteiger partial charge in [0.25, 0.3) is 5.56 Å². The van der Waals surface area contributed by atoms with Crippen LogP contribution < -0.4 is 5.56 Å². The zero-order valence-electron chi connectivity index (χ0n) is 13.9. The van der Waals surface area contributed by atoms with Crippen molar-refractivity contribution < 1.29 is 4.52 Å². The average Bonchev–Trinajstić information content (AvgIpc) is 3.02. The third kappa shape index (κ3) is 2.94. The highest BCUT2D eigenvalue weighted by Gasteiger charge is 2.19. The molecule has 0 amide bonds. The van der Waals surface area contributed by atoms with Crippen molar-refractivity contribution in [2.45, 2.75) is 40.3 Å². The van der Waals surface area contributed by atoms with Crippen LogP contribution in [0.15, 0.2) is 15.4 Å². The van der Waals surface area contributed by atoms with E-state index in [1.165, 1.54) is 0 Å². The molecular formula is C16H20N4O2S. The summed E-state index contributed by atoms with van der Waals surface area (Å²) in [4.78, 5) is 24.0. The van der Waals surface area contributed by atoms with Gasteiger partial charge in [0.2, 0.25) is 0 Å². The predicted octanol–water partition coefficient (Wildman–Crippen LogP) is 3.09. The van der Waals surface area contributed by atoms with Crippen molar-refractivity contribution >= 4 is 21.6 Å². The molecule has 3 aromatic rings. The number of nitrogens with zero attached hydrogens (tertiary/aromatic N) is 3. The number of nitrogens with one attached hydrogen (secondary N) is 1. The number of rotatable bonds is 4. The van der Waals surface area contributed by atoms with Gasteiger partial charge < -0.3 is 9.51 Å². The fraction of sp³-hybridized carbons (Fsp3) is 0.438. The molecule has 3 rings (SSSR count). The lowest BCUT2D eigenvalue weighted by molar-refractivity contribution is 0.236. The van der Waals surface area contributed by atoms with Crippen molar-refractivity contribution in [1.82, 2.24) is 20.0 Å². The van der Waals surface area contributed by atoms with Crippen molar-refractivity contribution in [3.63, 3.8) is 0 Å². The third-order valence-corrected chi connectivity index (χ3v) is 5.30. The van der Waals surface area contributed by atoms with Crippen LogP contribution in [0.2, 0.25) is 0 Å². The Morgan fingerprint density at radius 1 is 1.39 bits per heavy atom. The molecule has 0 radical (unpaired) electrons. The molecular weight excluding hydrogens is 312 g/mol. The Bertz CT molecular complexity index is 909. The lowest BCUT2D eigenvalue weighted by atomic mass is 10.2. The van der Waals surface area contributed by atoms with Crippen LogP contribution in [0.1, 0.15) is 40.7 Å². The van der Waals surface area contributed by atoms with Gasteiger partial charge in [0, 0.05) is 17.5 Å². The van der Waals surface area contributed by atoms with E-state index < -0.39 is 0 Å². The van der Waals surface area contributed by atoms with Gasteiger partial charge in [0.1, 0.15) is 16.4 Å². The number of aromatic amines is 1. The van der Waals surface area contributed by atoms with E-state index in [0.29, 0.717) is 17.8 Å². The van der Waals surface area contributed by atoms with Crippen LogP contribution in [0.4, 0.5) is 0 Å². The fourth-order valence-electron chi connectivity index (χ4n) is 2.56. The Hall–Kier alpha value is -1.99. The second-order valence-corrected chi connectivity index (χ2v) is 7.14. The molecule has 0 saturated heterocycles. The molecule has 1 unspecified atom stereocenters. The van der Waals surface area contributed by atoms with Crippen LogP contribution in [0.25, 0.3) is 10.2 Å². The first-order valence-corrected chi connectivity index (χ1v) is 8.30. The van der Waals surface area contributed by atoms with Gasteiger partial charge in [-0.3, -0.25) is 9.69 Å². The van der Waals surface area contributed by atoms with E-state index in [4.69, 9.17) is 4.52 Å². The maximum absolute atomic E-state index is 12.4. The first-order chi connectivity index (χ1) is 10.9. The second-order valence-electron chi connectivity index (χ2n) is 5.93. The Kier molecular flexibility index (Phi) is 4.08. The van der Waals surface area contributed by atoms with E-state index in [1.807, 2.05) is 40.8 Å². The maximum atomic E-state index is 12.4. The molecule has 0 aliphatic carbocycles. The van der Waals surface area contributed by atoms with Crippen molar-refractivity contribution in [2.75, 3.05) is 7.05 Å². The number of aromatic nitrogens is 3. The van der Waals surface area contributed by atoms with Gasteiger partial charge in [0.05, 0.1) is 17.1 Å². The molecule has 3 aromatic heterocycles. The summed E-state index contributed by atoms with van der Waals surface area (Å²) >= 11 is 1.57. The normalized spacial score (nSPS) is 13.1. The molecule has 0 aliphatic heterocycles. The summed E-state index contributed by atoms with van der Waals surface area (Å²) in [5.74, 6) is 1.46. The Morgan fingerprint density at radius 2 is 2.13 bits per heavy atom. The SMILES string of the molecule is Cc1cc(CN(C)C(C)c2nc3sc(C)c(C)c3c(=O)[nH]2)no1. The van der Waals surface area contributed by atoms with E-state index in [2.05, 4.69) is 20.0 Å². The summed E-state index contributed by atoms with van der Waals surface area (Å²) in [6.07, 6.45) is 0. The Balaban J connectivity index is 1.91. The zero-order chi connectivity index (χ0) is 16.7. The highest BCUT2D eigenvalue weighted by atomic mass is 32.1. The number of fused-ring (bicyclic) bond motifs is 1. The number of thiophene rings is 1. The smallest absolute Gasteiger partial charge is 0.259 e.